The van der Waals surface area contributed by atoms with Crippen molar-refractivity contribution in [2.75, 3.05) is 7.11 Å². The molecule has 2 aromatic carbocycles. The number of aliphatic hydroxyl groups is 1. The molecule has 1 heterocycles. The van der Waals surface area contributed by atoms with Crippen molar-refractivity contribution >= 4 is 40.8 Å². The van der Waals surface area contributed by atoms with Gasteiger partial charge in [-0.3, -0.25) is 4.79 Å². The lowest BCUT2D eigenvalue weighted by Crippen LogP contribution is -2.40. The number of methoxy groups -OCH3 is 1. The van der Waals surface area contributed by atoms with E-state index in [1.165, 1.54) is 0 Å². The van der Waals surface area contributed by atoms with E-state index < -0.39 is 6.10 Å². The summed E-state index contributed by atoms with van der Waals surface area (Å²) in [5, 5.41) is 19.1. The second-order valence-corrected chi connectivity index (χ2v) is 10.3. The van der Waals surface area contributed by atoms with Gasteiger partial charge in [-0.1, -0.05) is 35.3 Å². The minimum atomic E-state index is -0.522. The van der Waals surface area contributed by atoms with Crippen LogP contribution in [0.3, 0.4) is 0 Å². The van der Waals surface area contributed by atoms with Crippen LogP contribution in [0.2, 0.25) is 10.0 Å². The molecule has 8 heteroatoms. The number of hydrogen-bond acceptors (Lipinski definition) is 4. The lowest BCUT2D eigenvalue weighted by molar-refractivity contribution is 0.0867. The number of aliphatic hydroxyl groups excluding tert-OH is 1. The topological polar surface area (TPSA) is 76.4 Å². The van der Waals surface area contributed by atoms with E-state index in [1.54, 1.807) is 23.9 Å². The summed E-state index contributed by atoms with van der Waals surface area (Å²) >= 11 is 12.8. The van der Waals surface area contributed by atoms with Crippen molar-refractivity contribution in [1.82, 2.24) is 15.1 Å². The summed E-state index contributed by atoms with van der Waals surface area (Å²) in [5.41, 5.74) is 4.98. The SMILES string of the molecule is COc1ccc(/C=C2\CCCCc3c(C(=O)N[C@@H]4CCC[C@H]4O)nn(-c4ccc(Cl)cc4Cl)c32)cc1. The van der Waals surface area contributed by atoms with Crippen LogP contribution in [0, 0.1) is 0 Å². The van der Waals surface area contributed by atoms with Crippen molar-refractivity contribution in [3.8, 4) is 11.4 Å². The molecule has 6 nitrogen and oxygen atoms in total. The molecule has 3 aromatic rings. The first kappa shape index (κ1) is 24.9. The number of halogens is 2. The Labute approximate surface area is 220 Å². The molecular formula is C28H29Cl2N3O3. The molecule has 2 atom stereocenters. The Morgan fingerprint density at radius 2 is 1.89 bits per heavy atom. The first-order chi connectivity index (χ1) is 17.4. The van der Waals surface area contributed by atoms with E-state index >= 15 is 0 Å². The molecule has 1 saturated carbocycles. The van der Waals surface area contributed by atoms with Gasteiger partial charge in [0.25, 0.3) is 5.91 Å². The van der Waals surface area contributed by atoms with Crippen LogP contribution in [0.25, 0.3) is 17.3 Å². The molecule has 0 spiro atoms. The molecule has 0 bridgehead atoms. The molecule has 0 unspecified atom stereocenters. The number of nitrogens with zero attached hydrogens (tertiary/aromatic N) is 2. The van der Waals surface area contributed by atoms with E-state index in [2.05, 4.69) is 11.4 Å². The van der Waals surface area contributed by atoms with E-state index in [0.29, 0.717) is 27.8 Å². The highest BCUT2D eigenvalue weighted by Gasteiger charge is 2.32. The zero-order valence-corrected chi connectivity index (χ0v) is 21.6. The first-order valence-corrected chi connectivity index (χ1v) is 13.1. The second kappa shape index (κ2) is 10.7. The number of ether oxygens (including phenoxy) is 1. The number of benzene rings is 2. The van der Waals surface area contributed by atoms with Crippen LogP contribution in [-0.2, 0) is 6.42 Å². The summed E-state index contributed by atoms with van der Waals surface area (Å²) in [5.74, 6) is 0.538. The molecule has 0 radical (unpaired) electrons. The van der Waals surface area contributed by atoms with Crippen LogP contribution >= 0.6 is 23.2 Å². The molecule has 5 rings (SSSR count). The maximum Gasteiger partial charge on any atom is 0.272 e. The van der Waals surface area contributed by atoms with Gasteiger partial charge in [0.15, 0.2) is 5.69 Å². The van der Waals surface area contributed by atoms with E-state index in [9.17, 15) is 9.90 Å². The van der Waals surface area contributed by atoms with Gasteiger partial charge in [-0.15, -0.1) is 0 Å². The minimum absolute atomic E-state index is 0.252. The largest absolute Gasteiger partial charge is 0.497 e. The third kappa shape index (κ3) is 5.03. The molecule has 1 fully saturated rings. The number of hydrogen-bond donors (Lipinski definition) is 2. The second-order valence-electron chi connectivity index (χ2n) is 9.41. The molecule has 2 aliphatic carbocycles. The zero-order chi connectivity index (χ0) is 25.2. The summed E-state index contributed by atoms with van der Waals surface area (Å²) in [4.78, 5) is 13.5. The summed E-state index contributed by atoms with van der Waals surface area (Å²) < 4.78 is 7.09. The number of aromatic nitrogens is 2. The summed E-state index contributed by atoms with van der Waals surface area (Å²) in [7, 11) is 1.65. The van der Waals surface area contributed by atoms with Gasteiger partial charge in [0.2, 0.25) is 0 Å². The number of rotatable bonds is 5. The fourth-order valence-corrected chi connectivity index (χ4v) is 5.64. The monoisotopic (exact) mass is 525 g/mol. The number of amides is 1. The highest BCUT2D eigenvalue weighted by molar-refractivity contribution is 6.35. The van der Waals surface area contributed by atoms with Gasteiger partial charge in [0.1, 0.15) is 5.75 Å². The Hall–Kier alpha value is -2.80. The Bertz CT molecular complexity index is 1300. The van der Waals surface area contributed by atoms with Crippen molar-refractivity contribution in [2.45, 2.75) is 57.1 Å². The average molecular weight is 526 g/mol. The van der Waals surface area contributed by atoms with Crippen LogP contribution in [0.15, 0.2) is 42.5 Å². The Kier molecular flexibility index (Phi) is 7.37. The third-order valence-corrected chi connectivity index (χ3v) is 7.55. The first-order valence-electron chi connectivity index (χ1n) is 12.4. The van der Waals surface area contributed by atoms with Crippen molar-refractivity contribution < 1.29 is 14.6 Å². The van der Waals surface area contributed by atoms with Gasteiger partial charge >= 0.3 is 0 Å². The predicted molar refractivity (Wildman–Crippen MR) is 143 cm³/mol. The zero-order valence-electron chi connectivity index (χ0n) is 20.1. The van der Waals surface area contributed by atoms with Crippen LogP contribution in [0.5, 0.6) is 5.75 Å². The lowest BCUT2D eigenvalue weighted by Gasteiger charge is -2.16. The fourth-order valence-electron chi connectivity index (χ4n) is 5.15. The molecule has 36 heavy (non-hydrogen) atoms. The molecule has 0 saturated heterocycles. The van der Waals surface area contributed by atoms with Crippen LogP contribution in [0.1, 0.15) is 65.8 Å². The maximum atomic E-state index is 13.5. The molecule has 2 N–H and O–H groups in total. The highest BCUT2D eigenvalue weighted by Crippen LogP contribution is 2.37. The van der Waals surface area contributed by atoms with E-state index in [0.717, 1.165) is 66.7 Å². The molecule has 1 amide bonds. The minimum Gasteiger partial charge on any atom is -0.497 e. The van der Waals surface area contributed by atoms with Gasteiger partial charge in [0.05, 0.1) is 35.7 Å². The number of carbonyl (C=O) groups is 1. The molecule has 188 valence electrons. The van der Waals surface area contributed by atoms with Crippen molar-refractivity contribution in [3.63, 3.8) is 0 Å². The van der Waals surface area contributed by atoms with Gasteiger partial charge in [-0.25, -0.2) is 4.68 Å². The summed E-state index contributed by atoms with van der Waals surface area (Å²) in [6.45, 7) is 0. The Morgan fingerprint density at radius 1 is 1.11 bits per heavy atom. The Balaban J connectivity index is 1.64. The lowest BCUT2D eigenvalue weighted by atomic mass is 10.0. The quantitative estimate of drug-likeness (QED) is 0.394. The van der Waals surface area contributed by atoms with E-state index in [4.69, 9.17) is 33.0 Å². The van der Waals surface area contributed by atoms with Gasteiger partial charge < -0.3 is 15.2 Å². The maximum absolute atomic E-state index is 13.5. The number of fused-ring (bicyclic) bond motifs is 1. The smallest absolute Gasteiger partial charge is 0.272 e. The Morgan fingerprint density at radius 3 is 2.58 bits per heavy atom. The average Bonchev–Trinajstić information content (AvgIpc) is 3.38. The molecule has 1 aromatic heterocycles. The number of allylic oxidation sites excluding steroid dienone is 1. The normalized spacial score (nSPS) is 20.7. The number of carbonyl (C=O) groups excluding carboxylic acids is 1. The van der Waals surface area contributed by atoms with Crippen molar-refractivity contribution in [2.24, 2.45) is 0 Å². The van der Waals surface area contributed by atoms with E-state index in [-0.39, 0.29) is 11.9 Å². The van der Waals surface area contributed by atoms with Gasteiger partial charge in [-0.2, -0.15) is 5.10 Å². The van der Waals surface area contributed by atoms with Crippen LogP contribution in [-0.4, -0.2) is 40.0 Å². The summed E-state index contributed by atoms with van der Waals surface area (Å²) in [6.07, 6.45) is 7.50. The highest BCUT2D eigenvalue weighted by atomic mass is 35.5. The van der Waals surface area contributed by atoms with Crippen LogP contribution < -0.4 is 10.1 Å². The van der Waals surface area contributed by atoms with Crippen molar-refractivity contribution in [1.29, 1.82) is 0 Å². The fraction of sp³-hybridized carbons (Fsp3) is 0.357. The van der Waals surface area contributed by atoms with Crippen molar-refractivity contribution in [3.05, 3.63) is 75.0 Å². The van der Waals surface area contributed by atoms with Crippen LogP contribution in [0.4, 0.5) is 0 Å². The number of nitrogens with one attached hydrogen (secondary N) is 1. The third-order valence-electron chi connectivity index (χ3n) is 7.02. The van der Waals surface area contributed by atoms with Gasteiger partial charge in [0, 0.05) is 10.6 Å². The molecule has 2 aliphatic rings. The molecule has 0 aliphatic heterocycles. The molecular weight excluding hydrogens is 497 g/mol. The van der Waals surface area contributed by atoms with E-state index in [1.807, 2.05) is 30.3 Å². The standard InChI is InChI=1S/C28H29Cl2N3O3/c1-36-20-12-9-17(10-13-20)15-18-5-2-3-6-21-26(28(35)31-23-7-4-8-25(23)34)32-33(27(18)21)24-14-11-19(29)16-22(24)30/h9-16,23,25,34H,2-8H2,1H3,(H,31,35)/b18-15+/t23-,25-/m1/s1. The summed E-state index contributed by atoms with van der Waals surface area (Å²) in [6, 6.07) is 12.9. The van der Waals surface area contributed by atoms with Gasteiger partial charge in [-0.05, 0) is 92.5 Å². The predicted octanol–water partition coefficient (Wildman–Crippen LogP) is 6.10.